The first-order chi connectivity index (χ1) is 29.0. The first-order valence-electron chi connectivity index (χ1n) is 21.1. The first-order valence-corrected chi connectivity index (χ1v) is 23.3. The van der Waals surface area contributed by atoms with E-state index in [9.17, 15) is 0 Å². The van der Waals surface area contributed by atoms with Crippen LogP contribution in [0.4, 0.5) is 0 Å². The molecular formula is C54H49ClO4Ti. The minimum atomic E-state index is -3.75. The largest absolute Gasteiger partial charge is 1.00 e. The van der Waals surface area contributed by atoms with E-state index < -0.39 is 41.4 Å². The zero-order valence-corrected chi connectivity index (χ0v) is 36.3. The molecule has 60 heavy (non-hydrogen) atoms. The summed E-state index contributed by atoms with van der Waals surface area (Å²) in [5.74, 6) is -0.593. The van der Waals surface area contributed by atoms with Gasteiger partial charge >= 0.3 is 357 Å². The Morgan fingerprint density at radius 2 is 0.783 bits per heavy atom. The molecule has 0 N–H and O–H groups in total. The topological polar surface area (TPSA) is 52.6 Å². The Labute approximate surface area is 367 Å². The van der Waals surface area contributed by atoms with E-state index in [0.29, 0.717) is 0 Å². The number of benzene rings is 6. The summed E-state index contributed by atoms with van der Waals surface area (Å²) in [6, 6.07) is 59.7. The van der Waals surface area contributed by atoms with Gasteiger partial charge in [0.25, 0.3) is 0 Å². The third-order valence-corrected chi connectivity index (χ3v) is 16.1. The summed E-state index contributed by atoms with van der Waals surface area (Å²) in [5.41, 5.74) is 8.02. The van der Waals surface area contributed by atoms with Gasteiger partial charge in [0.1, 0.15) is 0 Å². The Hall–Kier alpha value is -5.26. The molecule has 6 aromatic rings. The fourth-order valence-electron chi connectivity index (χ4n) is 10.4. The van der Waals surface area contributed by atoms with Crippen LogP contribution in [0.3, 0.4) is 0 Å². The fourth-order valence-corrected chi connectivity index (χ4v) is 13.7. The van der Waals surface area contributed by atoms with Crippen LogP contribution in [0.1, 0.15) is 85.3 Å². The van der Waals surface area contributed by atoms with Crippen LogP contribution in [0.5, 0.6) is 0 Å². The quantitative estimate of drug-likeness (QED) is 0.0965. The van der Waals surface area contributed by atoms with Gasteiger partial charge in [-0.2, -0.15) is 0 Å². The summed E-state index contributed by atoms with van der Waals surface area (Å²) in [4.78, 5) is 32.0. The van der Waals surface area contributed by atoms with Crippen molar-refractivity contribution in [2.75, 3.05) is 0 Å². The van der Waals surface area contributed by atoms with Crippen LogP contribution in [0.2, 0.25) is 4.22 Å². The summed E-state index contributed by atoms with van der Waals surface area (Å²) in [5, 5.41) is 0. The first kappa shape index (κ1) is 41.5. The number of fused-ring (bicyclic) bond motifs is 1. The molecule has 6 heteroatoms. The van der Waals surface area contributed by atoms with Gasteiger partial charge < -0.3 is 12.4 Å². The molecule has 6 aromatic carbocycles. The van der Waals surface area contributed by atoms with Crippen molar-refractivity contribution in [2.45, 2.75) is 66.9 Å². The summed E-state index contributed by atoms with van der Waals surface area (Å²) < 4.78 is 14.3. The molecule has 0 spiro atoms. The van der Waals surface area contributed by atoms with Crippen LogP contribution in [0.25, 0.3) is 0 Å². The van der Waals surface area contributed by atoms with Crippen molar-refractivity contribution in [3.05, 3.63) is 238 Å². The average Bonchev–Trinajstić information content (AvgIpc) is 3.60. The van der Waals surface area contributed by atoms with Gasteiger partial charge in [0, 0.05) is 0 Å². The second-order valence-electron chi connectivity index (χ2n) is 16.1. The van der Waals surface area contributed by atoms with Gasteiger partial charge in [-0.15, -0.1) is 0 Å². The molecule has 4 nitrogen and oxygen atoms in total. The van der Waals surface area contributed by atoms with E-state index in [-0.39, 0.29) is 22.5 Å². The van der Waals surface area contributed by atoms with Crippen molar-refractivity contribution >= 4 is 11.9 Å². The molecule has 0 aromatic heterocycles. The second-order valence-corrected chi connectivity index (χ2v) is 18.8. The van der Waals surface area contributed by atoms with Crippen molar-refractivity contribution < 1.29 is 47.3 Å². The predicted molar refractivity (Wildman–Crippen MR) is 230 cm³/mol. The normalized spacial score (nSPS) is 17.5. The second kappa shape index (κ2) is 18.2. The molecule has 0 heterocycles. The van der Waals surface area contributed by atoms with E-state index >= 15 is 9.59 Å². The monoisotopic (exact) mass is 844 g/mol. The van der Waals surface area contributed by atoms with E-state index in [1.807, 2.05) is 182 Å². The zero-order valence-electron chi connectivity index (χ0n) is 33.9. The van der Waals surface area contributed by atoms with Crippen LogP contribution in [-0.2, 0) is 45.7 Å². The van der Waals surface area contributed by atoms with Crippen molar-refractivity contribution in [3.63, 3.8) is 0 Å². The third kappa shape index (κ3) is 7.23. The Morgan fingerprint density at radius 1 is 0.467 bits per heavy atom. The zero-order chi connectivity index (χ0) is 40.2. The molecule has 0 bridgehead atoms. The van der Waals surface area contributed by atoms with Crippen LogP contribution in [0.15, 0.2) is 204 Å². The molecule has 0 saturated heterocycles. The smallest absolute Gasteiger partial charge is 1.00 e. The van der Waals surface area contributed by atoms with E-state index in [2.05, 4.69) is 6.92 Å². The summed E-state index contributed by atoms with van der Waals surface area (Å²) >= 11 is -3.75. The van der Waals surface area contributed by atoms with Gasteiger partial charge in [-0.1, -0.05) is 0 Å². The molecule has 0 radical (unpaired) electrons. The number of hydrogen-bond donors (Lipinski definition) is 0. The van der Waals surface area contributed by atoms with E-state index in [4.69, 9.17) is 6.64 Å². The van der Waals surface area contributed by atoms with Crippen LogP contribution < -0.4 is 12.4 Å². The van der Waals surface area contributed by atoms with Gasteiger partial charge in [0.05, 0.1) is 0 Å². The standard InChI is InChI=1S/2C20H16O2.C14H19.ClH.Ti/c2*21-19(22)20(16-10-4-1-5-11-16,17-12-6-2-7-13-17)18-14-8-3-9-15-18;1-10-11-6-2-4-8-13(11)14-9-5-3-7-12(10)14;;/h2*1-15H,(H,21,22);6,10H,2-5,7-9H2,1H3;1H;/q;;;;+3/p-3. The molecule has 3 aliphatic rings. The number of allylic oxidation sites excluding steroid dienone is 4. The molecule has 0 aliphatic heterocycles. The minimum Gasteiger partial charge on any atom is -1.00 e. The third-order valence-electron chi connectivity index (χ3n) is 13.0. The molecule has 0 amide bonds. The maximum Gasteiger partial charge on any atom is -1.00 e. The van der Waals surface area contributed by atoms with Gasteiger partial charge in [0.15, 0.2) is 0 Å². The van der Waals surface area contributed by atoms with E-state index in [0.717, 1.165) is 65.5 Å². The Kier molecular flexibility index (Phi) is 12.6. The van der Waals surface area contributed by atoms with Crippen LogP contribution >= 0.6 is 0 Å². The minimum absolute atomic E-state index is 0. The molecule has 9 rings (SSSR count). The summed E-state index contributed by atoms with van der Waals surface area (Å²) in [7, 11) is 0. The molecule has 0 saturated carbocycles. The summed E-state index contributed by atoms with van der Waals surface area (Å²) in [6.07, 6.45) is 7.38. The van der Waals surface area contributed by atoms with Crippen molar-refractivity contribution in [1.82, 2.24) is 0 Å². The molecule has 300 valence electrons. The number of hydrogen-bond acceptors (Lipinski definition) is 4. The van der Waals surface area contributed by atoms with Gasteiger partial charge in [-0.05, 0) is 0 Å². The number of carbonyl (C=O) groups is 2. The molecule has 3 aliphatic carbocycles. The molecule has 0 fully saturated rings. The Balaban J connectivity index is 0.00000499. The van der Waals surface area contributed by atoms with E-state index in [1.165, 1.54) is 29.6 Å². The fraction of sp³-hybridized carbons (Fsp3) is 0.222. The van der Waals surface area contributed by atoms with Gasteiger partial charge in [-0.25, -0.2) is 0 Å². The number of halogens is 1. The van der Waals surface area contributed by atoms with Crippen molar-refractivity contribution in [2.24, 2.45) is 5.92 Å². The Morgan fingerprint density at radius 3 is 1.13 bits per heavy atom. The van der Waals surface area contributed by atoms with Crippen LogP contribution in [-0.4, -0.2) is 11.9 Å². The molecule has 2 unspecified atom stereocenters. The number of rotatable bonds is 11. The average molecular weight is 845 g/mol. The van der Waals surface area contributed by atoms with Crippen molar-refractivity contribution in [1.29, 1.82) is 0 Å². The SMILES string of the molecule is CC1C2=C(CCCC2)C2=C1[CH]([Ti+]([O]C(=O)C(c1ccccc1)(c1ccccc1)c1ccccc1)[O]C(=O)C(c1ccccc1)(c1ccccc1)c1ccccc1)CCC2.[Cl-]. The van der Waals surface area contributed by atoms with Gasteiger partial charge in [0.2, 0.25) is 0 Å². The van der Waals surface area contributed by atoms with E-state index in [1.54, 1.807) is 5.57 Å². The van der Waals surface area contributed by atoms with Gasteiger partial charge in [-0.3, -0.25) is 0 Å². The maximum atomic E-state index is 16.0. The molecule has 2 atom stereocenters. The summed E-state index contributed by atoms with van der Waals surface area (Å²) in [6.45, 7) is 2.34. The maximum absolute atomic E-state index is 16.0. The Bertz CT molecular complexity index is 2140. The predicted octanol–water partition coefficient (Wildman–Crippen LogP) is 9.38. The number of carbonyl (C=O) groups excluding carboxylic acids is 2. The van der Waals surface area contributed by atoms with Crippen molar-refractivity contribution in [3.8, 4) is 0 Å². The molecular weight excluding hydrogens is 796 g/mol. The van der Waals surface area contributed by atoms with Crippen LogP contribution in [0, 0.1) is 5.92 Å².